The van der Waals surface area contributed by atoms with E-state index in [1.807, 2.05) is 17.3 Å². The Bertz CT molecular complexity index is 111. The van der Waals surface area contributed by atoms with E-state index in [2.05, 4.69) is 18.8 Å². The maximum Gasteiger partial charge on any atom is 0.0625 e. The van der Waals surface area contributed by atoms with Crippen LogP contribution in [0.5, 0.6) is 0 Å². The Hall–Kier alpha value is 0.0200. The second-order valence-corrected chi connectivity index (χ2v) is 3.42. The van der Waals surface area contributed by atoms with Crippen molar-refractivity contribution in [2.75, 3.05) is 5.75 Å². The van der Waals surface area contributed by atoms with Gasteiger partial charge in [0, 0.05) is 5.75 Å². The van der Waals surface area contributed by atoms with Crippen LogP contribution in [0.2, 0.25) is 0 Å². The van der Waals surface area contributed by atoms with Crippen molar-refractivity contribution >= 4 is 17.3 Å². The second kappa shape index (κ2) is 3.25. The number of aliphatic imine (C=N–C) groups is 1. The summed E-state index contributed by atoms with van der Waals surface area (Å²) in [5.74, 6) is 1.98. The van der Waals surface area contributed by atoms with Crippen LogP contribution < -0.4 is 0 Å². The van der Waals surface area contributed by atoms with Crippen LogP contribution in [-0.2, 0) is 0 Å². The van der Waals surface area contributed by atoms with Crippen LogP contribution >= 0.6 is 11.8 Å². The van der Waals surface area contributed by atoms with Crippen molar-refractivity contribution in [2.45, 2.75) is 26.3 Å². The van der Waals surface area contributed by atoms with Gasteiger partial charge in [-0.15, -0.1) is 11.8 Å². The fourth-order valence-corrected chi connectivity index (χ4v) is 1.83. The maximum atomic E-state index is 4.34. The summed E-state index contributed by atoms with van der Waals surface area (Å²) in [6.07, 6.45) is 1.25. The summed E-state index contributed by atoms with van der Waals surface area (Å²) in [6.45, 7) is 4.50. The van der Waals surface area contributed by atoms with Gasteiger partial charge in [0.05, 0.1) is 11.6 Å². The third-order valence-electron chi connectivity index (χ3n) is 1.89. The molecule has 1 heterocycles. The zero-order valence-electron chi connectivity index (χ0n) is 6.00. The zero-order valence-corrected chi connectivity index (χ0v) is 6.82. The summed E-state index contributed by atoms with van der Waals surface area (Å²) in [6, 6.07) is 0.611. The summed E-state index contributed by atoms with van der Waals surface area (Å²) >= 11 is 1.83. The number of hydrogen-bond acceptors (Lipinski definition) is 2. The lowest BCUT2D eigenvalue weighted by Gasteiger charge is -2.12. The van der Waals surface area contributed by atoms with Crippen molar-refractivity contribution in [1.82, 2.24) is 0 Å². The molecule has 1 nitrogen and oxygen atoms in total. The Kier molecular flexibility index (Phi) is 2.58. The molecule has 1 aliphatic heterocycles. The Labute approximate surface area is 60.9 Å². The zero-order chi connectivity index (χ0) is 6.69. The first-order valence-corrected chi connectivity index (χ1v) is 4.52. The molecule has 2 heteroatoms. The lowest BCUT2D eigenvalue weighted by atomic mass is 10.0. The maximum absolute atomic E-state index is 4.34. The topological polar surface area (TPSA) is 12.4 Å². The van der Waals surface area contributed by atoms with E-state index >= 15 is 0 Å². The van der Waals surface area contributed by atoms with Crippen LogP contribution in [-0.4, -0.2) is 17.3 Å². The SMILES string of the molecule is CCC(C)C1CSC=N1. The summed E-state index contributed by atoms with van der Waals surface area (Å²) < 4.78 is 0. The Morgan fingerprint density at radius 2 is 2.67 bits per heavy atom. The van der Waals surface area contributed by atoms with Crippen LogP contribution in [0.25, 0.3) is 0 Å². The van der Waals surface area contributed by atoms with E-state index in [-0.39, 0.29) is 0 Å². The molecule has 0 bridgehead atoms. The summed E-state index contributed by atoms with van der Waals surface area (Å²) in [7, 11) is 0. The molecule has 0 aromatic rings. The average molecular weight is 143 g/mol. The monoisotopic (exact) mass is 143 g/mol. The number of hydrogen-bond donors (Lipinski definition) is 0. The molecule has 0 aromatic heterocycles. The van der Waals surface area contributed by atoms with E-state index in [0.29, 0.717) is 6.04 Å². The van der Waals surface area contributed by atoms with Gasteiger partial charge in [0.25, 0.3) is 0 Å². The Balaban J connectivity index is 2.33. The van der Waals surface area contributed by atoms with Crippen molar-refractivity contribution in [1.29, 1.82) is 0 Å². The number of thioether (sulfide) groups is 1. The predicted octanol–water partition coefficient (Wildman–Crippen LogP) is 2.18. The fourth-order valence-electron chi connectivity index (χ4n) is 0.889. The molecule has 0 aromatic carbocycles. The van der Waals surface area contributed by atoms with Crippen LogP contribution in [0.15, 0.2) is 4.99 Å². The molecule has 0 fully saturated rings. The molecule has 0 saturated carbocycles. The van der Waals surface area contributed by atoms with Crippen LogP contribution in [0, 0.1) is 5.92 Å². The lowest BCUT2D eigenvalue weighted by Crippen LogP contribution is -2.14. The van der Waals surface area contributed by atoms with E-state index in [1.165, 1.54) is 12.2 Å². The molecular weight excluding hydrogens is 130 g/mol. The van der Waals surface area contributed by atoms with Crippen LogP contribution in [0.1, 0.15) is 20.3 Å². The van der Waals surface area contributed by atoms with E-state index in [9.17, 15) is 0 Å². The standard InChI is InChI=1S/C7H13NS/c1-3-6(2)7-4-9-5-8-7/h5-7H,3-4H2,1-2H3. The smallest absolute Gasteiger partial charge is 0.0625 e. The predicted molar refractivity (Wildman–Crippen MR) is 44.2 cm³/mol. The van der Waals surface area contributed by atoms with Crippen LogP contribution in [0.4, 0.5) is 0 Å². The van der Waals surface area contributed by atoms with Gasteiger partial charge in [-0.1, -0.05) is 20.3 Å². The van der Waals surface area contributed by atoms with E-state index in [0.717, 1.165) is 5.92 Å². The minimum absolute atomic E-state index is 0.611. The molecule has 0 saturated heterocycles. The van der Waals surface area contributed by atoms with E-state index in [1.54, 1.807) is 0 Å². The van der Waals surface area contributed by atoms with Gasteiger partial charge in [-0.25, -0.2) is 0 Å². The average Bonchev–Trinajstić information content (AvgIpc) is 2.37. The van der Waals surface area contributed by atoms with Crippen molar-refractivity contribution in [2.24, 2.45) is 10.9 Å². The molecule has 0 N–H and O–H groups in total. The molecule has 2 unspecified atom stereocenters. The molecule has 0 spiro atoms. The Morgan fingerprint density at radius 1 is 1.89 bits per heavy atom. The van der Waals surface area contributed by atoms with Gasteiger partial charge in [0.1, 0.15) is 0 Å². The van der Waals surface area contributed by atoms with Gasteiger partial charge in [0.2, 0.25) is 0 Å². The Morgan fingerprint density at radius 3 is 3.11 bits per heavy atom. The molecule has 0 radical (unpaired) electrons. The number of rotatable bonds is 2. The first kappa shape index (κ1) is 7.13. The van der Waals surface area contributed by atoms with Crippen molar-refractivity contribution in [3.8, 4) is 0 Å². The highest BCUT2D eigenvalue weighted by atomic mass is 32.2. The van der Waals surface area contributed by atoms with Gasteiger partial charge in [-0.3, -0.25) is 4.99 Å². The highest BCUT2D eigenvalue weighted by molar-refractivity contribution is 8.12. The highest BCUT2D eigenvalue weighted by Gasteiger charge is 2.16. The van der Waals surface area contributed by atoms with E-state index < -0.39 is 0 Å². The summed E-state index contributed by atoms with van der Waals surface area (Å²) in [5, 5.41) is 0. The molecule has 0 aliphatic carbocycles. The molecule has 0 amide bonds. The molecule has 1 rings (SSSR count). The molecular formula is C7H13NS. The van der Waals surface area contributed by atoms with Gasteiger partial charge >= 0.3 is 0 Å². The first-order chi connectivity index (χ1) is 4.34. The molecule has 2 atom stereocenters. The van der Waals surface area contributed by atoms with E-state index in [4.69, 9.17) is 0 Å². The minimum atomic E-state index is 0.611. The third-order valence-corrected chi connectivity index (χ3v) is 2.70. The van der Waals surface area contributed by atoms with Crippen molar-refractivity contribution in [3.63, 3.8) is 0 Å². The quantitative estimate of drug-likeness (QED) is 0.577. The second-order valence-electron chi connectivity index (χ2n) is 2.54. The van der Waals surface area contributed by atoms with Crippen molar-refractivity contribution < 1.29 is 0 Å². The third kappa shape index (κ3) is 1.71. The van der Waals surface area contributed by atoms with Gasteiger partial charge in [-0.2, -0.15) is 0 Å². The van der Waals surface area contributed by atoms with Crippen LogP contribution in [0.3, 0.4) is 0 Å². The first-order valence-electron chi connectivity index (χ1n) is 3.48. The largest absolute Gasteiger partial charge is 0.282 e. The highest BCUT2D eigenvalue weighted by Crippen LogP contribution is 2.20. The molecule has 1 aliphatic rings. The lowest BCUT2D eigenvalue weighted by molar-refractivity contribution is 0.482. The molecule has 52 valence electrons. The summed E-state index contributed by atoms with van der Waals surface area (Å²) in [4.78, 5) is 4.34. The minimum Gasteiger partial charge on any atom is -0.282 e. The molecule has 9 heavy (non-hydrogen) atoms. The fraction of sp³-hybridized carbons (Fsp3) is 0.857. The van der Waals surface area contributed by atoms with Crippen molar-refractivity contribution in [3.05, 3.63) is 0 Å². The normalized spacial score (nSPS) is 28.9. The number of nitrogens with zero attached hydrogens (tertiary/aromatic N) is 1. The van der Waals surface area contributed by atoms with Gasteiger partial charge < -0.3 is 0 Å². The van der Waals surface area contributed by atoms with Gasteiger partial charge in [-0.05, 0) is 5.92 Å². The summed E-state index contributed by atoms with van der Waals surface area (Å²) in [5.41, 5.74) is 1.98. The van der Waals surface area contributed by atoms with Gasteiger partial charge in [0.15, 0.2) is 0 Å².